The molecule has 1 fully saturated rings. The lowest BCUT2D eigenvalue weighted by Crippen LogP contribution is -2.51. The fraction of sp³-hybridized carbons (Fsp3) is 0.333. The summed E-state index contributed by atoms with van der Waals surface area (Å²) in [5, 5.41) is 14.0. The molecular weight excluding hydrogens is 333 g/mol. The fourth-order valence-corrected chi connectivity index (χ4v) is 3.36. The van der Waals surface area contributed by atoms with Crippen molar-refractivity contribution in [3.05, 3.63) is 54.0 Å². The van der Waals surface area contributed by atoms with Gasteiger partial charge >= 0.3 is 0 Å². The highest BCUT2D eigenvalue weighted by atomic mass is 19.1. The summed E-state index contributed by atoms with van der Waals surface area (Å²) in [5.74, 6) is 1.14. The first kappa shape index (κ1) is 16.6. The first-order chi connectivity index (χ1) is 12.7. The van der Waals surface area contributed by atoms with Crippen molar-refractivity contribution in [1.82, 2.24) is 30.5 Å². The molecule has 0 aliphatic carbocycles. The molecular formula is C18H20FN7. The molecule has 26 heavy (non-hydrogen) atoms. The number of halogens is 1. The standard InChI is InChI=1S/C18H20FN7/c1-13-11-25(8-9-26(13)17-7-6-16(19)10-20-17)12-14-2-4-15(5-3-14)18-21-23-24-22-18/h2-7,10,13H,8-9,11-12H2,1H3,(H,21,22,23,24). The maximum Gasteiger partial charge on any atom is 0.204 e. The summed E-state index contributed by atoms with van der Waals surface area (Å²) < 4.78 is 13.1. The second-order valence-electron chi connectivity index (χ2n) is 6.54. The van der Waals surface area contributed by atoms with Crippen LogP contribution in [0.3, 0.4) is 0 Å². The van der Waals surface area contributed by atoms with Gasteiger partial charge in [0.05, 0.1) is 6.20 Å². The van der Waals surface area contributed by atoms with Gasteiger partial charge < -0.3 is 4.90 Å². The Kier molecular flexibility index (Phi) is 4.57. The summed E-state index contributed by atoms with van der Waals surface area (Å²) in [6.45, 7) is 5.82. The summed E-state index contributed by atoms with van der Waals surface area (Å²) in [5.41, 5.74) is 2.20. The van der Waals surface area contributed by atoms with Gasteiger partial charge in [-0.3, -0.25) is 4.90 Å². The topological polar surface area (TPSA) is 73.8 Å². The zero-order valence-corrected chi connectivity index (χ0v) is 14.5. The largest absolute Gasteiger partial charge is 0.351 e. The molecule has 0 bridgehead atoms. The lowest BCUT2D eigenvalue weighted by atomic mass is 10.1. The first-order valence-electron chi connectivity index (χ1n) is 8.62. The Bertz CT molecular complexity index is 833. The molecule has 3 heterocycles. The monoisotopic (exact) mass is 353 g/mol. The third-order valence-corrected chi connectivity index (χ3v) is 4.68. The number of hydrogen-bond acceptors (Lipinski definition) is 6. The van der Waals surface area contributed by atoms with Crippen LogP contribution in [0.15, 0.2) is 42.6 Å². The highest BCUT2D eigenvalue weighted by molar-refractivity contribution is 5.54. The van der Waals surface area contributed by atoms with Gasteiger partial charge in [0, 0.05) is 37.8 Å². The van der Waals surface area contributed by atoms with Gasteiger partial charge in [0.15, 0.2) is 0 Å². The molecule has 4 rings (SSSR count). The van der Waals surface area contributed by atoms with Gasteiger partial charge in [-0.25, -0.2) is 9.37 Å². The molecule has 1 aliphatic rings. The summed E-state index contributed by atoms with van der Waals surface area (Å²) in [6, 6.07) is 11.8. The molecule has 0 amide bonds. The molecule has 1 unspecified atom stereocenters. The van der Waals surface area contributed by atoms with Crippen LogP contribution in [0.1, 0.15) is 12.5 Å². The lowest BCUT2D eigenvalue weighted by Gasteiger charge is -2.40. The second-order valence-corrected chi connectivity index (χ2v) is 6.54. The molecule has 1 saturated heterocycles. The van der Waals surface area contributed by atoms with Crippen LogP contribution >= 0.6 is 0 Å². The Balaban J connectivity index is 1.37. The molecule has 3 aromatic rings. The number of aromatic amines is 1. The lowest BCUT2D eigenvalue weighted by molar-refractivity contribution is 0.220. The molecule has 1 atom stereocenters. The van der Waals surface area contributed by atoms with Gasteiger partial charge in [-0.05, 0) is 29.8 Å². The van der Waals surface area contributed by atoms with Crippen molar-refractivity contribution in [1.29, 1.82) is 0 Å². The molecule has 0 radical (unpaired) electrons. The fourth-order valence-electron chi connectivity index (χ4n) is 3.36. The Labute approximate surface area is 150 Å². The normalized spacial score (nSPS) is 18.2. The number of anilines is 1. The Morgan fingerprint density at radius 1 is 1.15 bits per heavy atom. The van der Waals surface area contributed by atoms with Gasteiger partial charge in [-0.15, -0.1) is 10.2 Å². The summed E-state index contributed by atoms with van der Waals surface area (Å²) >= 11 is 0. The van der Waals surface area contributed by atoms with E-state index in [1.807, 2.05) is 12.1 Å². The van der Waals surface area contributed by atoms with Crippen molar-refractivity contribution < 1.29 is 4.39 Å². The maximum absolute atomic E-state index is 13.1. The van der Waals surface area contributed by atoms with E-state index in [9.17, 15) is 4.39 Å². The van der Waals surface area contributed by atoms with Crippen LogP contribution in [-0.4, -0.2) is 56.2 Å². The van der Waals surface area contributed by atoms with Crippen molar-refractivity contribution >= 4 is 5.82 Å². The van der Waals surface area contributed by atoms with Crippen LogP contribution in [0.5, 0.6) is 0 Å². The Hall–Kier alpha value is -2.87. The zero-order valence-electron chi connectivity index (χ0n) is 14.5. The molecule has 7 nitrogen and oxygen atoms in total. The van der Waals surface area contributed by atoms with E-state index in [4.69, 9.17) is 0 Å². The Morgan fingerprint density at radius 2 is 2.00 bits per heavy atom. The van der Waals surface area contributed by atoms with Crippen LogP contribution in [0.2, 0.25) is 0 Å². The smallest absolute Gasteiger partial charge is 0.204 e. The number of benzene rings is 1. The molecule has 0 saturated carbocycles. The van der Waals surface area contributed by atoms with Gasteiger partial charge in [0.1, 0.15) is 11.6 Å². The Morgan fingerprint density at radius 3 is 2.65 bits per heavy atom. The second kappa shape index (κ2) is 7.17. The number of nitrogens with one attached hydrogen (secondary N) is 1. The number of piperazine rings is 1. The first-order valence-corrected chi connectivity index (χ1v) is 8.62. The quantitative estimate of drug-likeness (QED) is 0.774. The van der Waals surface area contributed by atoms with Crippen LogP contribution < -0.4 is 4.90 Å². The summed E-state index contributed by atoms with van der Waals surface area (Å²) in [6.07, 6.45) is 1.28. The van der Waals surface area contributed by atoms with Crippen molar-refractivity contribution in [3.63, 3.8) is 0 Å². The van der Waals surface area contributed by atoms with E-state index in [0.717, 1.165) is 37.6 Å². The zero-order chi connectivity index (χ0) is 17.9. The van der Waals surface area contributed by atoms with E-state index in [2.05, 4.69) is 54.5 Å². The van der Waals surface area contributed by atoms with Crippen molar-refractivity contribution in [2.45, 2.75) is 19.5 Å². The average molecular weight is 353 g/mol. The molecule has 1 N–H and O–H groups in total. The number of H-pyrrole nitrogens is 1. The molecule has 2 aromatic heterocycles. The maximum atomic E-state index is 13.1. The van der Waals surface area contributed by atoms with Crippen LogP contribution in [-0.2, 0) is 6.54 Å². The molecule has 0 spiro atoms. The highest BCUT2D eigenvalue weighted by Crippen LogP contribution is 2.20. The third kappa shape index (κ3) is 3.55. The van der Waals surface area contributed by atoms with Crippen molar-refractivity contribution in [2.75, 3.05) is 24.5 Å². The summed E-state index contributed by atoms with van der Waals surface area (Å²) in [4.78, 5) is 8.86. The van der Waals surface area contributed by atoms with Crippen LogP contribution in [0.25, 0.3) is 11.4 Å². The van der Waals surface area contributed by atoms with E-state index in [0.29, 0.717) is 11.9 Å². The SMILES string of the molecule is CC1CN(Cc2ccc(-c3nn[nH]n3)cc2)CCN1c1ccc(F)cn1. The predicted molar refractivity (Wildman–Crippen MR) is 95.9 cm³/mol. The minimum Gasteiger partial charge on any atom is -0.351 e. The van der Waals surface area contributed by atoms with Crippen molar-refractivity contribution in [2.24, 2.45) is 0 Å². The number of tetrazole rings is 1. The van der Waals surface area contributed by atoms with Crippen LogP contribution in [0.4, 0.5) is 10.2 Å². The number of nitrogens with zero attached hydrogens (tertiary/aromatic N) is 6. The number of hydrogen-bond donors (Lipinski definition) is 1. The highest BCUT2D eigenvalue weighted by Gasteiger charge is 2.24. The minimum atomic E-state index is -0.302. The average Bonchev–Trinajstić information content (AvgIpc) is 3.18. The van der Waals surface area contributed by atoms with E-state index < -0.39 is 0 Å². The van der Waals surface area contributed by atoms with Gasteiger partial charge in [0.2, 0.25) is 5.82 Å². The molecule has 8 heteroatoms. The molecule has 1 aliphatic heterocycles. The number of rotatable bonds is 4. The number of pyridine rings is 1. The van der Waals surface area contributed by atoms with Gasteiger partial charge in [0.25, 0.3) is 0 Å². The van der Waals surface area contributed by atoms with E-state index >= 15 is 0 Å². The van der Waals surface area contributed by atoms with E-state index in [1.165, 1.54) is 17.8 Å². The van der Waals surface area contributed by atoms with E-state index in [-0.39, 0.29) is 5.82 Å². The third-order valence-electron chi connectivity index (χ3n) is 4.68. The summed E-state index contributed by atoms with van der Waals surface area (Å²) in [7, 11) is 0. The predicted octanol–water partition coefficient (Wildman–Crippen LogP) is 2.11. The molecule has 1 aromatic carbocycles. The van der Waals surface area contributed by atoms with Gasteiger partial charge in [-0.2, -0.15) is 5.21 Å². The van der Waals surface area contributed by atoms with Crippen molar-refractivity contribution in [3.8, 4) is 11.4 Å². The molecule has 134 valence electrons. The van der Waals surface area contributed by atoms with E-state index in [1.54, 1.807) is 6.07 Å². The van der Waals surface area contributed by atoms with Gasteiger partial charge in [-0.1, -0.05) is 24.3 Å². The number of aromatic nitrogens is 5. The van der Waals surface area contributed by atoms with Crippen LogP contribution in [0, 0.1) is 5.82 Å². The minimum absolute atomic E-state index is 0.302.